The lowest BCUT2D eigenvalue weighted by Gasteiger charge is -2.12. The Balaban J connectivity index is 0.00000171. The van der Waals surface area contributed by atoms with Gasteiger partial charge in [-0.05, 0) is 29.3 Å². The summed E-state index contributed by atoms with van der Waals surface area (Å²) in [4.78, 5) is 12.4. The van der Waals surface area contributed by atoms with Crippen LogP contribution in [0.3, 0.4) is 0 Å². The number of halogens is 2. The Labute approximate surface area is 217 Å². The van der Waals surface area contributed by atoms with Gasteiger partial charge in [0.05, 0.1) is 24.4 Å². The van der Waals surface area contributed by atoms with Gasteiger partial charge in [0.15, 0.2) is 6.20 Å². The number of aromatic nitrogens is 3. The van der Waals surface area contributed by atoms with Crippen LogP contribution in [0.2, 0.25) is 0 Å². The summed E-state index contributed by atoms with van der Waals surface area (Å²) in [6.45, 7) is 1.33. The van der Waals surface area contributed by atoms with Gasteiger partial charge in [-0.2, -0.15) is 4.98 Å². The summed E-state index contributed by atoms with van der Waals surface area (Å²) in [7, 11) is 0. The summed E-state index contributed by atoms with van der Waals surface area (Å²) < 4.78 is 6.17. The summed E-state index contributed by atoms with van der Waals surface area (Å²) in [5, 5.41) is 0.962. The molecule has 0 atom stereocenters. The molecule has 0 bridgehead atoms. The van der Waals surface area contributed by atoms with Crippen molar-refractivity contribution in [2.24, 2.45) is 0 Å². The third kappa shape index (κ3) is 5.95. The first-order chi connectivity index (χ1) is 16.3. The predicted octanol–water partition coefficient (Wildman–Crippen LogP) is -1.85. The van der Waals surface area contributed by atoms with Crippen molar-refractivity contribution < 1.29 is 40.3 Å². The highest BCUT2D eigenvalue weighted by Crippen LogP contribution is 2.35. The zero-order valence-corrected chi connectivity index (χ0v) is 20.6. The number of ether oxygens (including phenoxy) is 1. The number of fused-ring (bicyclic) bond motifs is 1. The summed E-state index contributed by atoms with van der Waals surface area (Å²) in [5.41, 5.74) is 11.5. The van der Waals surface area contributed by atoms with Crippen LogP contribution in [0.5, 0.6) is 5.88 Å². The van der Waals surface area contributed by atoms with E-state index in [0.717, 1.165) is 52.1 Å². The molecule has 0 aliphatic heterocycles. The molecule has 0 amide bonds. The van der Waals surface area contributed by atoms with E-state index in [1.165, 1.54) is 11.1 Å². The zero-order valence-electron chi connectivity index (χ0n) is 19.1. The fourth-order valence-electron chi connectivity index (χ4n) is 3.94. The first-order valence-corrected chi connectivity index (χ1v) is 11.1. The van der Waals surface area contributed by atoms with Gasteiger partial charge in [-0.1, -0.05) is 54.6 Å². The molecule has 5 rings (SSSR count). The summed E-state index contributed by atoms with van der Waals surface area (Å²) in [6.07, 6.45) is 6.30. The number of nitrogens with one attached hydrogen (secondary N) is 1. The van der Waals surface area contributed by atoms with E-state index in [0.29, 0.717) is 6.61 Å². The van der Waals surface area contributed by atoms with Gasteiger partial charge in [0.1, 0.15) is 5.39 Å². The Bertz CT molecular complexity index is 1370. The molecule has 178 valence electrons. The second-order valence-corrected chi connectivity index (χ2v) is 7.89. The largest absolute Gasteiger partial charge is 1.00 e. The van der Waals surface area contributed by atoms with Crippen LogP contribution in [0.4, 0.5) is 0 Å². The highest BCUT2D eigenvalue weighted by atomic mass is 35.5. The zero-order chi connectivity index (χ0) is 22.5. The first kappa shape index (κ1) is 26.1. The molecular formula is C28H26Cl2N4O. The third-order valence-electron chi connectivity index (χ3n) is 5.74. The molecule has 0 radical (unpaired) electrons. The van der Waals surface area contributed by atoms with Crippen molar-refractivity contribution in [1.82, 2.24) is 9.97 Å². The van der Waals surface area contributed by atoms with Crippen LogP contribution in [-0.2, 0) is 13.0 Å². The van der Waals surface area contributed by atoms with E-state index in [1.807, 2.05) is 30.5 Å². The average molecular weight is 505 g/mol. The number of hydrogen-bond donors (Lipinski definition) is 1. The maximum atomic E-state index is 6.17. The maximum Gasteiger partial charge on any atom is 0.375 e. The molecule has 4 N–H and O–H groups in total. The lowest BCUT2D eigenvalue weighted by Crippen LogP contribution is -3.00. The molecular weight excluding hydrogens is 479 g/mol. The van der Waals surface area contributed by atoms with E-state index in [4.69, 9.17) is 9.72 Å². The second kappa shape index (κ2) is 12.3. The van der Waals surface area contributed by atoms with Crippen molar-refractivity contribution in [1.29, 1.82) is 0 Å². The van der Waals surface area contributed by atoms with Crippen molar-refractivity contribution >= 4 is 10.9 Å². The Morgan fingerprint density at radius 1 is 0.800 bits per heavy atom. The molecule has 7 heteroatoms. The van der Waals surface area contributed by atoms with Crippen molar-refractivity contribution in [2.75, 3.05) is 6.61 Å². The lowest BCUT2D eigenvalue weighted by molar-refractivity contribution is -0.392. The molecule has 2 aromatic carbocycles. The SMILES string of the molecule is [Cl-].[Cl-].[NH3+]Cc1ccc(-c2nc3cc[nH+]c(OCCc4ccncc4)c3cc2-c2ccccc2)cc1. The van der Waals surface area contributed by atoms with Crippen LogP contribution in [0.15, 0.2) is 97.5 Å². The van der Waals surface area contributed by atoms with Crippen molar-refractivity contribution in [2.45, 2.75) is 13.0 Å². The molecule has 3 aromatic heterocycles. The van der Waals surface area contributed by atoms with Crippen molar-refractivity contribution in [3.63, 3.8) is 0 Å². The minimum Gasteiger partial charge on any atom is -1.00 e. The molecule has 5 aromatic rings. The van der Waals surface area contributed by atoms with Gasteiger partial charge in [-0.15, -0.1) is 0 Å². The van der Waals surface area contributed by atoms with Crippen LogP contribution in [0, 0.1) is 0 Å². The Morgan fingerprint density at radius 3 is 2.26 bits per heavy atom. The van der Waals surface area contributed by atoms with E-state index in [1.54, 1.807) is 12.4 Å². The maximum absolute atomic E-state index is 6.17. The molecule has 0 saturated heterocycles. The van der Waals surface area contributed by atoms with Crippen LogP contribution in [0.1, 0.15) is 11.1 Å². The number of rotatable bonds is 7. The van der Waals surface area contributed by atoms with Gasteiger partial charge in [-0.25, -0.2) is 4.98 Å². The molecule has 0 spiro atoms. The average Bonchev–Trinajstić information content (AvgIpc) is 2.89. The topological polar surface area (TPSA) is 76.8 Å². The summed E-state index contributed by atoms with van der Waals surface area (Å²) >= 11 is 0. The molecule has 0 fully saturated rings. The number of aromatic amines is 1. The lowest BCUT2D eigenvalue weighted by atomic mass is 9.97. The van der Waals surface area contributed by atoms with Gasteiger partial charge in [-0.3, -0.25) is 4.98 Å². The van der Waals surface area contributed by atoms with Gasteiger partial charge >= 0.3 is 5.88 Å². The van der Waals surface area contributed by atoms with E-state index < -0.39 is 0 Å². The van der Waals surface area contributed by atoms with Crippen LogP contribution in [0.25, 0.3) is 33.3 Å². The fraction of sp³-hybridized carbons (Fsp3) is 0.107. The molecule has 0 aliphatic carbocycles. The number of pyridine rings is 3. The fourth-order valence-corrected chi connectivity index (χ4v) is 3.94. The quantitative estimate of drug-likeness (QED) is 0.282. The monoisotopic (exact) mass is 504 g/mol. The number of benzene rings is 2. The van der Waals surface area contributed by atoms with Gasteiger partial charge in [0.25, 0.3) is 0 Å². The van der Waals surface area contributed by atoms with E-state index in [2.05, 4.69) is 70.3 Å². The number of nitrogens with zero attached hydrogens (tertiary/aromatic N) is 2. The molecule has 0 unspecified atom stereocenters. The van der Waals surface area contributed by atoms with Gasteiger partial charge in [0, 0.05) is 41.6 Å². The molecule has 3 heterocycles. The Hall–Kier alpha value is -3.51. The van der Waals surface area contributed by atoms with Crippen molar-refractivity contribution in [3.8, 4) is 28.3 Å². The normalized spacial score (nSPS) is 10.3. The minimum absolute atomic E-state index is 0. The van der Waals surface area contributed by atoms with Gasteiger partial charge < -0.3 is 35.3 Å². The number of quaternary nitrogens is 1. The summed E-state index contributed by atoms with van der Waals surface area (Å²) in [5.74, 6) is 0.727. The Kier molecular flexibility index (Phi) is 9.15. The van der Waals surface area contributed by atoms with Crippen molar-refractivity contribution in [3.05, 3.63) is 109 Å². The standard InChI is InChI=1S/C28H24N4O.2ClH/c29-19-21-6-8-23(9-7-21)27-24(22-4-2-1-3-5-22)18-25-26(32-27)12-16-31-28(25)33-17-13-20-10-14-30-15-11-20;;/h1-12,14-16,18H,13,17,19,29H2;2*1H. The highest BCUT2D eigenvalue weighted by Gasteiger charge is 2.17. The second-order valence-electron chi connectivity index (χ2n) is 7.89. The Morgan fingerprint density at radius 2 is 1.54 bits per heavy atom. The van der Waals surface area contributed by atoms with Gasteiger partial charge in [0.2, 0.25) is 0 Å². The third-order valence-corrected chi connectivity index (χ3v) is 5.74. The highest BCUT2D eigenvalue weighted by molar-refractivity contribution is 5.93. The number of H-pyrrole nitrogens is 1. The van der Waals surface area contributed by atoms with E-state index >= 15 is 0 Å². The molecule has 5 nitrogen and oxygen atoms in total. The van der Waals surface area contributed by atoms with Crippen LogP contribution >= 0.6 is 0 Å². The molecule has 0 saturated carbocycles. The van der Waals surface area contributed by atoms with Crippen LogP contribution in [-0.4, -0.2) is 16.6 Å². The van der Waals surface area contributed by atoms with E-state index in [-0.39, 0.29) is 24.8 Å². The summed E-state index contributed by atoms with van der Waals surface area (Å²) in [6, 6.07) is 27.1. The molecule has 0 aliphatic rings. The predicted molar refractivity (Wildman–Crippen MR) is 129 cm³/mol. The van der Waals surface area contributed by atoms with E-state index in [9.17, 15) is 0 Å². The first-order valence-electron chi connectivity index (χ1n) is 11.1. The molecule has 35 heavy (non-hydrogen) atoms. The number of hydrogen-bond acceptors (Lipinski definition) is 3. The minimum atomic E-state index is 0. The van der Waals surface area contributed by atoms with Crippen LogP contribution < -0.4 is 40.3 Å². The smallest absolute Gasteiger partial charge is 0.375 e.